The van der Waals surface area contributed by atoms with Crippen LogP contribution in [0.3, 0.4) is 0 Å². The van der Waals surface area contributed by atoms with E-state index in [0.29, 0.717) is 11.3 Å². The number of hydrogen-bond acceptors (Lipinski definition) is 2. The predicted octanol–water partition coefficient (Wildman–Crippen LogP) is 3.64. The maximum atomic E-state index is 13.7. The Kier molecular flexibility index (Phi) is 3.67. The summed E-state index contributed by atoms with van der Waals surface area (Å²) < 4.78 is 13.7. The zero-order chi connectivity index (χ0) is 14.0. The molecule has 0 aliphatic heterocycles. The molecule has 1 aromatic carbocycles. The van der Waals surface area contributed by atoms with Crippen LogP contribution in [0.25, 0.3) is 11.3 Å². The zero-order valence-corrected chi connectivity index (χ0v) is 11.6. The van der Waals surface area contributed by atoms with Gasteiger partial charge in [-0.3, -0.25) is 0 Å². The van der Waals surface area contributed by atoms with Crippen LogP contribution < -0.4 is 5.73 Å². The molecular formula is C16H19FN2. The molecule has 100 valence electrons. The molecule has 0 spiro atoms. The van der Waals surface area contributed by atoms with Crippen molar-refractivity contribution >= 4 is 0 Å². The Bertz CT molecular complexity index is 586. The van der Waals surface area contributed by atoms with Gasteiger partial charge in [0.05, 0.1) is 5.69 Å². The molecule has 2 aromatic rings. The Labute approximate surface area is 113 Å². The molecule has 3 heteroatoms. The lowest BCUT2D eigenvalue weighted by Crippen LogP contribution is -2.10. The van der Waals surface area contributed by atoms with Crippen LogP contribution in [0.5, 0.6) is 0 Å². The standard InChI is InChI=1S/C16H19FN2/c1-16(2,3)13-6-4-5-11(9-13)14-8-7-12(10-18)15(17)19-14/h4-9H,10,18H2,1-3H3. The topological polar surface area (TPSA) is 38.9 Å². The van der Waals surface area contributed by atoms with E-state index >= 15 is 0 Å². The van der Waals surface area contributed by atoms with Crippen LogP contribution in [0.2, 0.25) is 0 Å². The minimum atomic E-state index is -0.485. The Hall–Kier alpha value is -1.74. The molecule has 0 aliphatic carbocycles. The number of aromatic nitrogens is 1. The molecule has 0 bridgehead atoms. The molecule has 0 saturated carbocycles. The molecule has 2 nitrogen and oxygen atoms in total. The van der Waals surface area contributed by atoms with Crippen molar-refractivity contribution in [1.29, 1.82) is 0 Å². The van der Waals surface area contributed by atoms with E-state index in [1.165, 1.54) is 5.56 Å². The van der Waals surface area contributed by atoms with E-state index in [1.807, 2.05) is 18.2 Å². The second-order valence-corrected chi connectivity index (χ2v) is 5.68. The van der Waals surface area contributed by atoms with Crippen molar-refractivity contribution < 1.29 is 4.39 Å². The molecule has 2 N–H and O–H groups in total. The van der Waals surface area contributed by atoms with Gasteiger partial charge >= 0.3 is 0 Å². The first kappa shape index (κ1) is 13.7. The first-order chi connectivity index (χ1) is 8.91. The monoisotopic (exact) mass is 258 g/mol. The smallest absolute Gasteiger partial charge is 0.217 e. The van der Waals surface area contributed by atoms with Gasteiger partial charge in [0.1, 0.15) is 0 Å². The first-order valence-corrected chi connectivity index (χ1v) is 6.38. The summed E-state index contributed by atoms with van der Waals surface area (Å²) >= 11 is 0. The van der Waals surface area contributed by atoms with Crippen molar-refractivity contribution in [3.8, 4) is 11.3 Å². The van der Waals surface area contributed by atoms with Crippen LogP contribution in [-0.2, 0) is 12.0 Å². The van der Waals surface area contributed by atoms with Crippen LogP contribution in [0.15, 0.2) is 36.4 Å². The van der Waals surface area contributed by atoms with Gasteiger partial charge in [-0.2, -0.15) is 4.39 Å². The Morgan fingerprint density at radius 3 is 2.47 bits per heavy atom. The fraction of sp³-hybridized carbons (Fsp3) is 0.312. The normalized spacial score (nSPS) is 11.6. The summed E-state index contributed by atoms with van der Waals surface area (Å²) in [5, 5.41) is 0. The molecule has 0 aliphatic rings. The Balaban J connectivity index is 2.45. The third-order valence-corrected chi connectivity index (χ3v) is 3.17. The van der Waals surface area contributed by atoms with Gasteiger partial charge in [0.15, 0.2) is 0 Å². The highest BCUT2D eigenvalue weighted by Gasteiger charge is 2.14. The Morgan fingerprint density at radius 1 is 1.16 bits per heavy atom. The van der Waals surface area contributed by atoms with Crippen LogP contribution in [-0.4, -0.2) is 4.98 Å². The molecule has 0 fully saturated rings. The van der Waals surface area contributed by atoms with Gasteiger partial charge in [0.2, 0.25) is 5.95 Å². The van der Waals surface area contributed by atoms with Crippen LogP contribution in [0.1, 0.15) is 31.9 Å². The van der Waals surface area contributed by atoms with E-state index in [1.54, 1.807) is 6.07 Å². The quantitative estimate of drug-likeness (QED) is 0.835. The lowest BCUT2D eigenvalue weighted by Gasteiger charge is -2.19. The van der Waals surface area contributed by atoms with Crippen LogP contribution in [0.4, 0.5) is 4.39 Å². The van der Waals surface area contributed by atoms with E-state index in [4.69, 9.17) is 5.73 Å². The van der Waals surface area contributed by atoms with Crippen molar-refractivity contribution in [1.82, 2.24) is 4.98 Å². The van der Waals surface area contributed by atoms with Crippen LogP contribution in [0, 0.1) is 5.95 Å². The average Bonchev–Trinajstić information content (AvgIpc) is 2.38. The minimum absolute atomic E-state index is 0.0613. The van der Waals surface area contributed by atoms with E-state index in [0.717, 1.165) is 5.56 Å². The molecule has 0 saturated heterocycles. The molecule has 1 aromatic heterocycles. The summed E-state index contributed by atoms with van der Waals surface area (Å²) in [5.41, 5.74) is 8.71. The molecule has 19 heavy (non-hydrogen) atoms. The summed E-state index contributed by atoms with van der Waals surface area (Å²) in [4.78, 5) is 3.99. The second kappa shape index (κ2) is 5.10. The number of halogens is 1. The molecule has 0 amide bonds. The van der Waals surface area contributed by atoms with Crippen molar-refractivity contribution in [3.63, 3.8) is 0 Å². The fourth-order valence-electron chi connectivity index (χ4n) is 1.92. The van der Waals surface area contributed by atoms with Crippen molar-refractivity contribution in [2.45, 2.75) is 32.7 Å². The highest BCUT2D eigenvalue weighted by molar-refractivity contribution is 5.60. The SMILES string of the molecule is CC(C)(C)c1cccc(-c2ccc(CN)c(F)n2)c1. The number of pyridine rings is 1. The number of benzene rings is 1. The number of hydrogen-bond donors (Lipinski definition) is 1. The Morgan fingerprint density at radius 2 is 1.89 bits per heavy atom. The van der Waals surface area contributed by atoms with Crippen molar-refractivity contribution in [2.24, 2.45) is 5.73 Å². The van der Waals surface area contributed by atoms with Crippen LogP contribution >= 0.6 is 0 Å². The summed E-state index contributed by atoms with van der Waals surface area (Å²) in [5.74, 6) is -0.485. The van der Waals surface area contributed by atoms with Gasteiger partial charge in [0.25, 0.3) is 0 Å². The molecule has 2 rings (SSSR count). The van der Waals surface area contributed by atoms with E-state index in [-0.39, 0.29) is 12.0 Å². The third-order valence-electron chi connectivity index (χ3n) is 3.17. The molecule has 0 radical (unpaired) electrons. The average molecular weight is 258 g/mol. The van der Waals surface area contributed by atoms with Gasteiger partial charge in [-0.15, -0.1) is 0 Å². The van der Waals surface area contributed by atoms with E-state index in [2.05, 4.69) is 37.9 Å². The lowest BCUT2D eigenvalue weighted by molar-refractivity contribution is 0.568. The predicted molar refractivity (Wildman–Crippen MR) is 76.2 cm³/mol. The molecule has 0 atom stereocenters. The van der Waals surface area contributed by atoms with E-state index < -0.39 is 5.95 Å². The first-order valence-electron chi connectivity index (χ1n) is 6.38. The van der Waals surface area contributed by atoms with Gasteiger partial charge < -0.3 is 5.73 Å². The highest BCUT2D eigenvalue weighted by Crippen LogP contribution is 2.27. The summed E-state index contributed by atoms with van der Waals surface area (Å²) in [6.07, 6.45) is 0. The summed E-state index contributed by atoms with van der Waals surface area (Å²) in [6, 6.07) is 11.6. The number of nitrogens with two attached hydrogens (primary N) is 1. The van der Waals surface area contributed by atoms with E-state index in [9.17, 15) is 4.39 Å². The largest absolute Gasteiger partial charge is 0.326 e. The lowest BCUT2D eigenvalue weighted by atomic mass is 9.86. The van der Waals surface area contributed by atoms with Crippen molar-refractivity contribution in [3.05, 3.63) is 53.5 Å². The molecular weight excluding hydrogens is 239 g/mol. The number of rotatable bonds is 2. The van der Waals surface area contributed by atoms with Gasteiger partial charge in [-0.25, -0.2) is 4.98 Å². The third kappa shape index (κ3) is 2.99. The minimum Gasteiger partial charge on any atom is -0.326 e. The van der Waals surface area contributed by atoms with Gasteiger partial charge in [-0.05, 0) is 23.1 Å². The van der Waals surface area contributed by atoms with Gasteiger partial charge in [0, 0.05) is 17.7 Å². The summed E-state index contributed by atoms with van der Waals surface area (Å²) in [6.45, 7) is 6.62. The zero-order valence-electron chi connectivity index (χ0n) is 11.6. The molecule has 1 heterocycles. The maximum Gasteiger partial charge on any atom is 0.217 e. The summed E-state index contributed by atoms with van der Waals surface area (Å²) in [7, 11) is 0. The second-order valence-electron chi connectivity index (χ2n) is 5.68. The number of nitrogens with zero attached hydrogens (tertiary/aromatic N) is 1. The highest BCUT2D eigenvalue weighted by atomic mass is 19.1. The fourth-order valence-corrected chi connectivity index (χ4v) is 1.92. The van der Waals surface area contributed by atoms with Gasteiger partial charge in [-0.1, -0.05) is 45.0 Å². The van der Waals surface area contributed by atoms with Crippen molar-refractivity contribution in [2.75, 3.05) is 0 Å². The maximum absolute atomic E-state index is 13.7. The molecule has 0 unspecified atom stereocenters.